The molecule has 0 aliphatic rings. The van der Waals surface area contributed by atoms with Crippen molar-refractivity contribution in [3.05, 3.63) is 23.8 Å². The largest absolute Gasteiger partial charge is 0.496 e. The Labute approximate surface area is 119 Å². The maximum Gasteiger partial charge on any atom is 0.341 e. The summed E-state index contributed by atoms with van der Waals surface area (Å²) in [4.78, 5) is 23.1. The minimum absolute atomic E-state index is 0.253. The van der Waals surface area contributed by atoms with Gasteiger partial charge in [-0.2, -0.15) is 0 Å². The van der Waals surface area contributed by atoms with Crippen LogP contribution in [0.25, 0.3) is 0 Å². The van der Waals surface area contributed by atoms with Crippen molar-refractivity contribution in [3.8, 4) is 5.75 Å². The summed E-state index contributed by atoms with van der Waals surface area (Å²) in [7, 11) is 2.74. The van der Waals surface area contributed by atoms with Crippen LogP contribution in [0.15, 0.2) is 18.2 Å². The number of esters is 1. The molecule has 0 spiro atoms. The summed E-state index contributed by atoms with van der Waals surface area (Å²) in [5.74, 6) is -0.139. The predicted octanol–water partition coefficient (Wildman–Crippen LogP) is 2.00. The van der Waals surface area contributed by atoms with E-state index >= 15 is 0 Å². The van der Waals surface area contributed by atoms with Crippen molar-refractivity contribution in [2.45, 2.75) is 0 Å². The Hall–Kier alpha value is -1.76. The average molecular weight is 331 g/mol. The summed E-state index contributed by atoms with van der Waals surface area (Å²) < 4.78 is 9.71. The average Bonchev–Trinajstić information content (AvgIpc) is 2.44. The van der Waals surface area contributed by atoms with Crippen LogP contribution in [0.2, 0.25) is 0 Å². The Morgan fingerprint density at radius 2 is 2.05 bits per heavy atom. The van der Waals surface area contributed by atoms with E-state index < -0.39 is 5.97 Å². The Morgan fingerprint density at radius 3 is 2.63 bits per heavy atom. The van der Waals surface area contributed by atoms with Gasteiger partial charge in [-0.3, -0.25) is 0 Å². The number of amides is 2. The van der Waals surface area contributed by atoms with Crippen LogP contribution < -0.4 is 15.4 Å². The molecule has 0 bridgehead atoms. The van der Waals surface area contributed by atoms with Crippen LogP contribution in [-0.4, -0.2) is 38.1 Å². The van der Waals surface area contributed by atoms with Crippen molar-refractivity contribution in [1.29, 1.82) is 0 Å². The number of benzene rings is 1. The molecular weight excluding hydrogens is 316 g/mol. The summed E-state index contributed by atoms with van der Waals surface area (Å²) in [5, 5.41) is 5.90. The van der Waals surface area contributed by atoms with Crippen LogP contribution in [0.5, 0.6) is 5.75 Å². The van der Waals surface area contributed by atoms with E-state index in [1.807, 2.05) is 0 Å². The van der Waals surface area contributed by atoms with Crippen LogP contribution in [0.1, 0.15) is 10.4 Å². The Bertz CT molecular complexity index is 465. The first-order valence-electron chi connectivity index (χ1n) is 5.49. The smallest absolute Gasteiger partial charge is 0.341 e. The molecule has 6 nitrogen and oxygen atoms in total. The van der Waals surface area contributed by atoms with Gasteiger partial charge < -0.3 is 20.1 Å². The van der Waals surface area contributed by atoms with Gasteiger partial charge in [0.25, 0.3) is 0 Å². The fraction of sp³-hybridized carbons (Fsp3) is 0.333. The van der Waals surface area contributed by atoms with Crippen molar-refractivity contribution >= 4 is 33.6 Å². The number of alkyl halides is 1. The van der Waals surface area contributed by atoms with Gasteiger partial charge in [0.1, 0.15) is 11.3 Å². The van der Waals surface area contributed by atoms with E-state index in [-0.39, 0.29) is 11.6 Å². The molecule has 0 aliphatic heterocycles. The second-order valence-electron chi connectivity index (χ2n) is 3.48. The predicted molar refractivity (Wildman–Crippen MR) is 75.1 cm³/mol. The molecule has 1 aromatic rings. The zero-order valence-corrected chi connectivity index (χ0v) is 12.2. The van der Waals surface area contributed by atoms with Crippen LogP contribution in [0.3, 0.4) is 0 Å². The Morgan fingerprint density at radius 1 is 1.32 bits per heavy atom. The minimum Gasteiger partial charge on any atom is -0.496 e. The lowest BCUT2D eigenvalue weighted by molar-refractivity contribution is 0.0597. The van der Waals surface area contributed by atoms with Crippen LogP contribution in [-0.2, 0) is 4.74 Å². The van der Waals surface area contributed by atoms with Crippen molar-refractivity contribution in [2.75, 3.05) is 31.4 Å². The number of methoxy groups -OCH3 is 2. The highest BCUT2D eigenvalue weighted by Gasteiger charge is 2.14. The maximum atomic E-state index is 11.6. The third kappa shape index (κ3) is 4.44. The van der Waals surface area contributed by atoms with E-state index in [1.54, 1.807) is 12.1 Å². The van der Waals surface area contributed by atoms with E-state index in [4.69, 9.17) is 4.74 Å². The molecule has 0 unspecified atom stereocenters. The normalized spacial score (nSPS) is 9.63. The summed E-state index contributed by atoms with van der Waals surface area (Å²) >= 11 is 3.20. The fourth-order valence-electron chi connectivity index (χ4n) is 1.39. The van der Waals surface area contributed by atoms with E-state index in [0.717, 1.165) is 0 Å². The maximum absolute atomic E-state index is 11.6. The number of ether oxygens (including phenoxy) is 2. The quantitative estimate of drug-likeness (QED) is 0.639. The molecule has 7 heteroatoms. The molecule has 0 fully saturated rings. The molecule has 104 valence electrons. The topological polar surface area (TPSA) is 76.7 Å². The summed E-state index contributed by atoms with van der Waals surface area (Å²) in [5.41, 5.74) is 0.733. The number of rotatable bonds is 5. The first-order chi connectivity index (χ1) is 9.12. The zero-order valence-electron chi connectivity index (χ0n) is 10.7. The standard InChI is InChI=1S/C12H15BrN2O4/c1-18-10-4-3-8(7-9(10)11(16)19-2)15-12(17)14-6-5-13/h3-4,7H,5-6H2,1-2H3,(H2,14,15,17). The molecule has 1 rings (SSSR count). The molecule has 2 N–H and O–H groups in total. The van der Waals surface area contributed by atoms with Crippen molar-refractivity contribution in [1.82, 2.24) is 5.32 Å². The molecule has 0 aromatic heterocycles. The van der Waals surface area contributed by atoms with Gasteiger partial charge >= 0.3 is 12.0 Å². The molecule has 1 aromatic carbocycles. The zero-order chi connectivity index (χ0) is 14.3. The molecule has 0 saturated carbocycles. The third-order valence-electron chi connectivity index (χ3n) is 2.24. The molecule has 0 saturated heterocycles. The van der Waals surface area contributed by atoms with Gasteiger partial charge in [-0.05, 0) is 18.2 Å². The highest BCUT2D eigenvalue weighted by molar-refractivity contribution is 9.09. The molecule has 0 radical (unpaired) electrons. The molecular formula is C12H15BrN2O4. The number of hydrogen-bond acceptors (Lipinski definition) is 4. The second kappa shape index (κ2) is 7.63. The second-order valence-corrected chi connectivity index (χ2v) is 4.27. The number of carbonyl (C=O) groups excluding carboxylic acids is 2. The Balaban J connectivity index is 2.86. The molecule has 0 aliphatic carbocycles. The van der Waals surface area contributed by atoms with Gasteiger partial charge in [0.05, 0.1) is 14.2 Å². The van der Waals surface area contributed by atoms with Crippen LogP contribution >= 0.6 is 15.9 Å². The number of anilines is 1. The lowest BCUT2D eigenvalue weighted by Crippen LogP contribution is -2.30. The molecule has 19 heavy (non-hydrogen) atoms. The van der Waals surface area contributed by atoms with Gasteiger partial charge in [0.2, 0.25) is 0 Å². The molecule has 0 heterocycles. The first-order valence-corrected chi connectivity index (χ1v) is 6.61. The first kappa shape index (κ1) is 15.3. The van der Waals surface area contributed by atoms with Gasteiger partial charge in [-0.15, -0.1) is 0 Å². The highest BCUT2D eigenvalue weighted by atomic mass is 79.9. The number of carbonyl (C=O) groups is 2. The van der Waals surface area contributed by atoms with Gasteiger partial charge in [-0.1, -0.05) is 15.9 Å². The van der Waals surface area contributed by atoms with E-state index in [0.29, 0.717) is 23.3 Å². The third-order valence-corrected chi connectivity index (χ3v) is 2.64. The molecule has 2 amide bonds. The van der Waals surface area contributed by atoms with Crippen molar-refractivity contribution in [2.24, 2.45) is 0 Å². The minimum atomic E-state index is -0.527. The van der Waals surface area contributed by atoms with Crippen LogP contribution in [0, 0.1) is 0 Å². The number of hydrogen-bond donors (Lipinski definition) is 2. The summed E-state index contributed by atoms with van der Waals surface area (Å²) in [6.45, 7) is 0.506. The number of halogens is 1. The van der Waals surface area contributed by atoms with Crippen LogP contribution in [0.4, 0.5) is 10.5 Å². The summed E-state index contributed by atoms with van der Waals surface area (Å²) in [6, 6.07) is 4.38. The number of nitrogens with one attached hydrogen (secondary N) is 2. The van der Waals surface area contributed by atoms with Gasteiger partial charge in [0.15, 0.2) is 0 Å². The lowest BCUT2D eigenvalue weighted by atomic mass is 10.2. The van der Waals surface area contributed by atoms with Crippen molar-refractivity contribution in [3.63, 3.8) is 0 Å². The molecule has 0 atom stereocenters. The van der Waals surface area contributed by atoms with Gasteiger partial charge in [-0.25, -0.2) is 9.59 Å². The number of urea groups is 1. The fourth-order valence-corrected chi connectivity index (χ4v) is 1.59. The van der Waals surface area contributed by atoms with Gasteiger partial charge in [0, 0.05) is 17.6 Å². The highest BCUT2D eigenvalue weighted by Crippen LogP contribution is 2.23. The van der Waals surface area contributed by atoms with E-state index in [9.17, 15) is 9.59 Å². The lowest BCUT2D eigenvalue weighted by Gasteiger charge is -2.10. The monoisotopic (exact) mass is 330 g/mol. The Kier molecular flexibility index (Phi) is 6.14. The SMILES string of the molecule is COC(=O)c1cc(NC(=O)NCCBr)ccc1OC. The van der Waals surface area contributed by atoms with E-state index in [2.05, 4.69) is 31.3 Å². The van der Waals surface area contributed by atoms with E-state index in [1.165, 1.54) is 20.3 Å². The summed E-state index contributed by atoms with van der Waals surface area (Å²) in [6.07, 6.45) is 0. The van der Waals surface area contributed by atoms with Crippen molar-refractivity contribution < 1.29 is 19.1 Å².